The van der Waals surface area contributed by atoms with Crippen LogP contribution in [0.15, 0.2) is 58.6 Å². The van der Waals surface area contributed by atoms with E-state index in [9.17, 15) is 4.79 Å². The maximum atomic E-state index is 11.6. The zero-order valence-corrected chi connectivity index (χ0v) is 10.8. The molecule has 0 bridgehead atoms. The highest BCUT2D eigenvalue weighted by molar-refractivity contribution is 8.18. The minimum Gasteiger partial charge on any atom is -0.378 e. The van der Waals surface area contributed by atoms with E-state index in [-0.39, 0.29) is 5.91 Å². The van der Waals surface area contributed by atoms with Crippen LogP contribution in [0.2, 0.25) is 0 Å². The number of benzene rings is 1. The first-order valence-corrected chi connectivity index (χ1v) is 6.56. The number of hydrogen-bond donors (Lipinski definition) is 1. The van der Waals surface area contributed by atoms with Crippen LogP contribution in [0.1, 0.15) is 5.69 Å². The number of rotatable bonds is 2. The highest BCUT2D eigenvalue weighted by atomic mass is 32.2. The van der Waals surface area contributed by atoms with E-state index in [1.54, 1.807) is 0 Å². The maximum absolute atomic E-state index is 11.6. The Morgan fingerprint density at radius 2 is 1.95 bits per heavy atom. The molecule has 3 rings (SSSR count). The van der Waals surface area contributed by atoms with Crippen LogP contribution in [-0.2, 0) is 4.79 Å². The topological polar surface area (TPSA) is 60.4 Å². The zero-order valence-electron chi connectivity index (χ0n) is 9.98. The largest absolute Gasteiger partial charge is 0.378 e. The summed E-state index contributed by atoms with van der Waals surface area (Å²) in [6, 6.07) is 13.8. The smallest absolute Gasteiger partial charge is 0.286 e. The van der Waals surface area contributed by atoms with Crippen LogP contribution in [0.5, 0.6) is 0 Å². The second-order valence-electron chi connectivity index (χ2n) is 4.00. The summed E-state index contributed by atoms with van der Waals surface area (Å²) in [5.41, 5.74) is 7.51. The van der Waals surface area contributed by atoms with E-state index >= 15 is 0 Å². The van der Waals surface area contributed by atoms with E-state index in [1.165, 1.54) is 11.8 Å². The third kappa shape index (κ3) is 2.32. The van der Waals surface area contributed by atoms with Gasteiger partial charge in [0, 0.05) is 17.6 Å². The number of carbonyl (C=O) groups is 1. The first kappa shape index (κ1) is 11.8. The molecule has 1 aliphatic heterocycles. The molecule has 94 valence electrons. The molecule has 0 saturated heterocycles. The third-order valence-electron chi connectivity index (χ3n) is 2.73. The summed E-state index contributed by atoms with van der Waals surface area (Å²) in [4.78, 5) is 15.8. The van der Waals surface area contributed by atoms with Crippen molar-refractivity contribution in [2.75, 3.05) is 0 Å². The van der Waals surface area contributed by atoms with Gasteiger partial charge < -0.3 is 10.3 Å². The quantitative estimate of drug-likeness (QED) is 0.852. The van der Waals surface area contributed by atoms with Crippen molar-refractivity contribution in [1.82, 2.24) is 4.57 Å². The molecule has 4 nitrogen and oxygen atoms in total. The number of carbonyl (C=O) groups excluding carboxylic acids is 1. The molecule has 0 atom stereocenters. The van der Waals surface area contributed by atoms with Gasteiger partial charge in [-0.2, -0.15) is 4.99 Å². The van der Waals surface area contributed by atoms with Crippen molar-refractivity contribution >= 4 is 28.9 Å². The van der Waals surface area contributed by atoms with E-state index in [0.29, 0.717) is 10.1 Å². The van der Waals surface area contributed by atoms with Gasteiger partial charge in [0.15, 0.2) is 5.17 Å². The number of thioether (sulfide) groups is 1. The summed E-state index contributed by atoms with van der Waals surface area (Å²) in [6.45, 7) is 0. The molecule has 1 aromatic heterocycles. The lowest BCUT2D eigenvalue weighted by molar-refractivity contribution is -0.113. The van der Waals surface area contributed by atoms with Gasteiger partial charge in [0.05, 0.1) is 4.91 Å². The fourth-order valence-electron chi connectivity index (χ4n) is 1.90. The molecule has 0 fully saturated rings. The lowest BCUT2D eigenvalue weighted by atomic mass is 10.3. The third-order valence-corrected chi connectivity index (χ3v) is 3.54. The second kappa shape index (κ2) is 4.78. The Balaban J connectivity index is 1.99. The Bertz CT molecular complexity index is 686. The van der Waals surface area contributed by atoms with Crippen molar-refractivity contribution in [3.8, 4) is 5.69 Å². The lowest BCUT2D eigenvalue weighted by Crippen LogP contribution is -2.01. The first-order valence-electron chi connectivity index (χ1n) is 5.75. The molecule has 1 amide bonds. The van der Waals surface area contributed by atoms with E-state index in [2.05, 4.69) is 4.99 Å². The van der Waals surface area contributed by atoms with Gasteiger partial charge >= 0.3 is 0 Å². The van der Waals surface area contributed by atoms with Crippen LogP contribution in [-0.4, -0.2) is 15.6 Å². The second-order valence-corrected chi connectivity index (χ2v) is 5.07. The molecule has 0 spiro atoms. The molecule has 0 saturated carbocycles. The number of aliphatic imine (C=N–C) groups is 1. The molecule has 0 aliphatic carbocycles. The molecule has 0 unspecified atom stereocenters. The number of amides is 1. The van der Waals surface area contributed by atoms with Crippen LogP contribution in [0.4, 0.5) is 0 Å². The SMILES string of the molecule is NC1=NC(=O)C(=Cc2cccn2-c2ccccc2)S1. The highest BCUT2D eigenvalue weighted by Crippen LogP contribution is 2.27. The summed E-state index contributed by atoms with van der Waals surface area (Å²) in [5, 5.41) is 0.300. The van der Waals surface area contributed by atoms with Crippen LogP contribution >= 0.6 is 11.8 Å². The van der Waals surface area contributed by atoms with Gasteiger partial charge in [-0.3, -0.25) is 4.79 Å². The molecule has 1 aliphatic rings. The van der Waals surface area contributed by atoms with Gasteiger partial charge in [-0.1, -0.05) is 18.2 Å². The summed E-state index contributed by atoms with van der Waals surface area (Å²) >= 11 is 1.20. The van der Waals surface area contributed by atoms with Crippen molar-refractivity contribution in [3.63, 3.8) is 0 Å². The van der Waals surface area contributed by atoms with Crippen molar-refractivity contribution in [2.24, 2.45) is 10.7 Å². The van der Waals surface area contributed by atoms with Crippen LogP contribution < -0.4 is 5.73 Å². The number of amidine groups is 1. The van der Waals surface area contributed by atoms with Crippen LogP contribution in [0.3, 0.4) is 0 Å². The molecule has 2 N–H and O–H groups in total. The van der Waals surface area contributed by atoms with Crippen molar-refractivity contribution < 1.29 is 4.79 Å². The molecule has 19 heavy (non-hydrogen) atoms. The summed E-state index contributed by atoms with van der Waals surface area (Å²) < 4.78 is 2.01. The molecule has 5 heteroatoms. The minimum atomic E-state index is -0.275. The predicted molar refractivity (Wildman–Crippen MR) is 78.0 cm³/mol. The number of nitrogens with zero attached hydrogens (tertiary/aromatic N) is 2. The number of hydrogen-bond acceptors (Lipinski definition) is 3. The Morgan fingerprint density at radius 3 is 2.63 bits per heavy atom. The fourth-order valence-corrected chi connectivity index (χ4v) is 2.56. The van der Waals surface area contributed by atoms with Crippen molar-refractivity contribution in [2.45, 2.75) is 0 Å². The Hall–Kier alpha value is -2.27. The molecule has 1 aromatic carbocycles. The number of nitrogens with two attached hydrogens (primary N) is 1. The Labute approximate surface area is 114 Å². The predicted octanol–water partition coefficient (Wildman–Crippen LogP) is 2.41. The maximum Gasteiger partial charge on any atom is 0.286 e. The Morgan fingerprint density at radius 1 is 1.16 bits per heavy atom. The van der Waals surface area contributed by atoms with Gasteiger partial charge in [-0.05, 0) is 42.1 Å². The van der Waals surface area contributed by atoms with Crippen LogP contribution in [0.25, 0.3) is 11.8 Å². The standard InChI is InChI=1S/C14H11N3OS/c15-14-16-13(18)12(19-14)9-11-7-4-8-17(11)10-5-2-1-3-6-10/h1-9H,(H2,15,16,18). The zero-order chi connectivity index (χ0) is 13.2. The van der Waals surface area contributed by atoms with Gasteiger partial charge in [-0.15, -0.1) is 0 Å². The van der Waals surface area contributed by atoms with Gasteiger partial charge in [0.25, 0.3) is 5.91 Å². The van der Waals surface area contributed by atoms with E-state index in [4.69, 9.17) is 5.73 Å². The highest BCUT2D eigenvalue weighted by Gasteiger charge is 2.19. The Kier molecular flexibility index (Phi) is 2.97. The lowest BCUT2D eigenvalue weighted by Gasteiger charge is -2.06. The monoisotopic (exact) mass is 269 g/mol. The summed E-state index contributed by atoms with van der Waals surface area (Å²) in [6.07, 6.45) is 3.76. The fraction of sp³-hybridized carbons (Fsp3) is 0. The van der Waals surface area contributed by atoms with Gasteiger partial charge in [0.2, 0.25) is 0 Å². The van der Waals surface area contributed by atoms with Gasteiger partial charge in [-0.25, -0.2) is 0 Å². The minimum absolute atomic E-state index is 0.275. The summed E-state index contributed by atoms with van der Waals surface area (Å²) in [5.74, 6) is -0.275. The molecule has 2 aromatic rings. The van der Waals surface area contributed by atoms with Gasteiger partial charge in [0.1, 0.15) is 0 Å². The van der Waals surface area contributed by atoms with E-state index < -0.39 is 0 Å². The average molecular weight is 269 g/mol. The molecule has 0 radical (unpaired) electrons. The van der Waals surface area contributed by atoms with Crippen molar-refractivity contribution in [3.05, 3.63) is 59.3 Å². The first-order chi connectivity index (χ1) is 9.24. The normalized spacial score (nSPS) is 16.9. The average Bonchev–Trinajstić information content (AvgIpc) is 2.98. The van der Waals surface area contributed by atoms with Crippen molar-refractivity contribution in [1.29, 1.82) is 0 Å². The number of aromatic nitrogens is 1. The number of para-hydroxylation sites is 1. The molecular formula is C14H11N3OS. The molecule has 2 heterocycles. The van der Waals surface area contributed by atoms with E-state index in [0.717, 1.165) is 11.4 Å². The van der Waals surface area contributed by atoms with Crippen LogP contribution in [0, 0.1) is 0 Å². The molecular weight excluding hydrogens is 258 g/mol. The van der Waals surface area contributed by atoms with E-state index in [1.807, 2.05) is 59.3 Å². The summed E-state index contributed by atoms with van der Waals surface area (Å²) in [7, 11) is 0.